The zero-order valence-corrected chi connectivity index (χ0v) is 16.7. The van der Waals surface area contributed by atoms with Crippen LogP contribution in [0.5, 0.6) is 0 Å². The minimum absolute atomic E-state index is 0.0576. The van der Waals surface area contributed by atoms with Crippen LogP contribution in [0.1, 0.15) is 26.5 Å². The second-order valence-electron chi connectivity index (χ2n) is 6.50. The van der Waals surface area contributed by atoms with Crippen molar-refractivity contribution in [3.8, 4) is 0 Å². The fourth-order valence-corrected chi connectivity index (χ4v) is 3.13. The van der Waals surface area contributed by atoms with Crippen LogP contribution >= 0.6 is 11.3 Å². The maximum Gasteiger partial charge on any atom is 0.413 e. The molecule has 1 fully saturated rings. The second kappa shape index (κ2) is 10.1. The maximum atomic E-state index is 12.4. The van der Waals surface area contributed by atoms with Crippen LogP contribution in [0, 0.1) is 5.92 Å². The quantitative estimate of drug-likeness (QED) is 0.788. The Kier molecular flexibility index (Phi) is 7.83. The van der Waals surface area contributed by atoms with E-state index in [9.17, 15) is 14.4 Å². The first-order valence-corrected chi connectivity index (χ1v) is 9.84. The summed E-state index contributed by atoms with van der Waals surface area (Å²) in [6, 6.07) is 0. The number of aromatic nitrogens is 1. The Balaban J connectivity index is 1.77. The van der Waals surface area contributed by atoms with Crippen molar-refractivity contribution in [2.45, 2.75) is 27.2 Å². The van der Waals surface area contributed by atoms with E-state index in [4.69, 9.17) is 9.47 Å². The molecule has 1 aromatic rings. The molecule has 2 heterocycles. The van der Waals surface area contributed by atoms with Gasteiger partial charge in [0.1, 0.15) is 0 Å². The van der Waals surface area contributed by atoms with Crippen LogP contribution in [0.25, 0.3) is 0 Å². The number of rotatable bonds is 6. The number of ether oxygens (including phenoxy) is 2. The van der Waals surface area contributed by atoms with Gasteiger partial charge < -0.3 is 19.3 Å². The summed E-state index contributed by atoms with van der Waals surface area (Å²) in [6.45, 7) is 8.18. The highest BCUT2D eigenvalue weighted by Gasteiger charge is 2.25. The van der Waals surface area contributed by atoms with Gasteiger partial charge in [0.2, 0.25) is 5.91 Å². The van der Waals surface area contributed by atoms with Gasteiger partial charge in [-0.15, -0.1) is 11.3 Å². The minimum Gasteiger partial charge on any atom is -0.450 e. The molecule has 3 amide bonds. The van der Waals surface area contributed by atoms with Crippen LogP contribution in [0.2, 0.25) is 0 Å². The van der Waals surface area contributed by atoms with Crippen molar-refractivity contribution < 1.29 is 23.9 Å². The van der Waals surface area contributed by atoms with E-state index in [0.29, 0.717) is 50.2 Å². The molecule has 150 valence electrons. The first-order chi connectivity index (χ1) is 12.9. The van der Waals surface area contributed by atoms with Crippen molar-refractivity contribution in [3.05, 3.63) is 11.1 Å². The highest BCUT2D eigenvalue weighted by molar-refractivity contribution is 7.13. The molecule has 0 aromatic carbocycles. The predicted octanol–water partition coefficient (Wildman–Crippen LogP) is 2.19. The topological polar surface area (TPSA) is 101 Å². The average Bonchev–Trinajstić information content (AvgIpc) is 3.07. The first-order valence-electron chi connectivity index (χ1n) is 8.96. The lowest BCUT2D eigenvalue weighted by Gasteiger charge is -2.34. The molecule has 0 unspecified atom stereocenters. The number of carbonyl (C=O) groups is 3. The molecule has 1 aromatic heterocycles. The van der Waals surface area contributed by atoms with E-state index >= 15 is 0 Å². The van der Waals surface area contributed by atoms with E-state index in [1.54, 1.807) is 22.1 Å². The zero-order valence-electron chi connectivity index (χ0n) is 15.9. The number of thiazole rings is 1. The number of nitrogens with zero attached hydrogens (tertiary/aromatic N) is 3. The number of anilines is 1. The summed E-state index contributed by atoms with van der Waals surface area (Å²) in [5, 5.41) is 4.71. The van der Waals surface area contributed by atoms with Gasteiger partial charge in [-0.3, -0.25) is 10.1 Å². The number of nitrogens with one attached hydrogen (secondary N) is 1. The number of hydrogen-bond acceptors (Lipinski definition) is 7. The molecular weight excluding hydrogens is 372 g/mol. The lowest BCUT2D eigenvalue weighted by Crippen LogP contribution is -2.51. The fourth-order valence-electron chi connectivity index (χ4n) is 2.43. The van der Waals surface area contributed by atoms with E-state index in [1.807, 2.05) is 13.8 Å². The van der Waals surface area contributed by atoms with E-state index in [2.05, 4.69) is 10.3 Å². The molecule has 10 heteroatoms. The van der Waals surface area contributed by atoms with E-state index in [1.165, 1.54) is 11.3 Å². The molecular formula is C17H26N4O5S. The molecule has 27 heavy (non-hydrogen) atoms. The summed E-state index contributed by atoms with van der Waals surface area (Å²) in [4.78, 5) is 43.3. The van der Waals surface area contributed by atoms with Crippen LogP contribution in [-0.4, -0.2) is 72.3 Å². The molecule has 2 rings (SSSR count). The Morgan fingerprint density at radius 1 is 1.19 bits per heavy atom. The maximum absolute atomic E-state index is 12.4. The predicted molar refractivity (Wildman–Crippen MR) is 101 cm³/mol. The van der Waals surface area contributed by atoms with Gasteiger partial charge in [-0.2, -0.15) is 0 Å². The molecule has 9 nitrogen and oxygen atoms in total. The van der Waals surface area contributed by atoms with Crippen molar-refractivity contribution in [2.24, 2.45) is 5.92 Å². The normalized spacial score (nSPS) is 14.2. The van der Waals surface area contributed by atoms with Gasteiger partial charge in [-0.05, 0) is 12.8 Å². The van der Waals surface area contributed by atoms with Gasteiger partial charge >= 0.3 is 12.2 Å². The number of carbonyl (C=O) groups excluding carboxylic acids is 3. The van der Waals surface area contributed by atoms with Crippen LogP contribution in [0.3, 0.4) is 0 Å². The number of hydrogen-bond donors (Lipinski definition) is 1. The molecule has 1 aliphatic heterocycles. The Hall–Kier alpha value is -2.36. The number of amides is 3. The Morgan fingerprint density at radius 2 is 1.85 bits per heavy atom. The third-order valence-electron chi connectivity index (χ3n) is 3.80. The Labute approximate surface area is 162 Å². The fraction of sp³-hybridized carbons (Fsp3) is 0.647. The molecule has 0 spiro atoms. The van der Waals surface area contributed by atoms with E-state index < -0.39 is 6.09 Å². The van der Waals surface area contributed by atoms with E-state index in [0.717, 1.165) is 0 Å². The summed E-state index contributed by atoms with van der Waals surface area (Å²) in [5.41, 5.74) is 0.594. The van der Waals surface area contributed by atoms with Gasteiger partial charge in [0.15, 0.2) is 5.13 Å². The van der Waals surface area contributed by atoms with Gasteiger partial charge in [-0.1, -0.05) is 13.8 Å². The number of piperazine rings is 1. The largest absolute Gasteiger partial charge is 0.450 e. The third kappa shape index (κ3) is 6.70. The Bertz CT molecular complexity index is 656. The standard InChI is InChI=1S/C17H26N4O5S/c1-4-25-17(24)21-7-5-20(6-8-21)14(22)9-13-11-27-15(18-13)19-16(23)26-10-12(2)3/h11-12H,4-10H2,1-3H3,(H,18,19,23). The van der Waals surface area contributed by atoms with Crippen LogP contribution in [0.15, 0.2) is 5.38 Å². The van der Waals surface area contributed by atoms with Gasteiger partial charge in [0, 0.05) is 31.6 Å². The third-order valence-corrected chi connectivity index (χ3v) is 4.61. The van der Waals surface area contributed by atoms with Gasteiger partial charge in [0.25, 0.3) is 0 Å². The molecule has 0 bridgehead atoms. The van der Waals surface area contributed by atoms with Crippen molar-refractivity contribution >= 4 is 34.6 Å². The summed E-state index contributed by atoms with van der Waals surface area (Å²) in [7, 11) is 0. The minimum atomic E-state index is -0.550. The lowest BCUT2D eigenvalue weighted by molar-refractivity contribution is -0.132. The molecule has 0 aliphatic carbocycles. The van der Waals surface area contributed by atoms with Crippen molar-refractivity contribution in [3.63, 3.8) is 0 Å². The molecule has 0 saturated carbocycles. The summed E-state index contributed by atoms with van der Waals surface area (Å²) >= 11 is 1.25. The highest BCUT2D eigenvalue weighted by atomic mass is 32.1. The summed E-state index contributed by atoms with van der Waals surface area (Å²) in [6.07, 6.45) is -0.742. The second-order valence-corrected chi connectivity index (χ2v) is 7.36. The molecule has 1 N–H and O–H groups in total. The molecule has 0 radical (unpaired) electrons. The lowest BCUT2D eigenvalue weighted by atomic mass is 10.2. The molecule has 1 saturated heterocycles. The van der Waals surface area contributed by atoms with Crippen LogP contribution in [0.4, 0.5) is 14.7 Å². The monoisotopic (exact) mass is 398 g/mol. The molecule has 0 atom stereocenters. The van der Waals surface area contributed by atoms with Crippen LogP contribution < -0.4 is 5.32 Å². The van der Waals surface area contributed by atoms with Crippen molar-refractivity contribution in [2.75, 3.05) is 44.7 Å². The average molecular weight is 398 g/mol. The van der Waals surface area contributed by atoms with Crippen molar-refractivity contribution in [1.82, 2.24) is 14.8 Å². The van der Waals surface area contributed by atoms with Crippen molar-refractivity contribution in [1.29, 1.82) is 0 Å². The van der Waals surface area contributed by atoms with E-state index in [-0.39, 0.29) is 24.3 Å². The summed E-state index contributed by atoms with van der Waals surface area (Å²) in [5.74, 6) is 0.197. The molecule has 1 aliphatic rings. The SMILES string of the molecule is CCOC(=O)N1CCN(C(=O)Cc2csc(NC(=O)OCC(C)C)n2)CC1. The smallest absolute Gasteiger partial charge is 0.413 e. The summed E-state index contributed by atoms with van der Waals surface area (Å²) < 4.78 is 10.0. The Morgan fingerprint density at radius 3 is 2.48 bits per heavy atom. The first kappa shape index (κ1) is 20.9. The van der Waals surface area contributed by atoms with Gasteiger partial charge in [0.05, 0.1) is 25.3 Å². The van der Waals surface area contributed by atoms with Gasteiger partial charge in [-0.25, -0.2) is 14.6 Å². The highest BCUT2D eigenvalue weighted by Crippen LogP contribution is 2.17. The van der Waals surface area contributed by atoms with Crippen LogP contribution in [-0.2, 0) is 20.7 Å². The zero-order chi connectivity index (χ0) is 19.8.